The summed E-state index contributed by atoms with van der Waals surface area (Å²) in [4.78, 5) is 2.51. The minimum atomic E-state index is 0.340. The van der Waals surface area contributed by atoms with Gasteiger partial charge in [-0.25, -0.2) is 0 Å². The number of fused-ring (bicyclic) bond motifs is 1. The van der Waals surface area contributed by atoms with Crippen LogP contribution in [-0.2, 0) is 6.54 Å². The van der Waals surface area contributed by atoms with E-state index >= 15 is 0 Å². The van der Waals surface area contributed by atoms with Crippen molar-refractivity contribution < 1.29 is 9.84 Å². The van der Waals surface area contributed by atoms with E-state index in [0.717, 1.165) is 51.1 Å². The number of piperidine rings is 1. The lowest BCUT2D eigenvalue weighted by molar-refractivity contribution is 0.0989. The van der Waals surface area contributed by atoms with Crippen LogP contribution in [0.4, 0.5) is 0 Å². The smallest absolute Gasteiger partial charge is 0.120 e. The van der Waals surface area contributed by atoms with E-state index in [1.54, 1.807) is 0 Å². The van der Waals surface area contributed by atoms with Crippen LogP contribution in [0.25, 0.3) is 10.8 Å². The van der Waals surface area contributed by atoms with Crippen LogP contribution in [-0.4, -0.2) is 35.8 Å². The van der Waals surface area contributed by atoms with Gasteiger partial charge in [-0.3, -0.25) is 4.90 Å². The zero-order valence-electron chi connectivity index (χ0n) is 17.5. The fourth-order valence-corrected chi connectivity index (χ4v) is 4.71. The third-order valence-electron chi connectivity index (χ3n) is 6.84. The molecule has 1 heterocycles. The van der Waals surface area contributed by atoms with Crippen LogP contribution in [0.2, 0.25) is 0 Å². The molecule has 2 aromatic carbocycles. The van der Waals surface area contributed by atoms with E-state index in [-0.39, 0.29) is 0 Å². The molecule has 0 unspecified atom stereocenters. The first-order valence-electron chi connectivity index (χ1n) is 11.0. The molecule has 0 radical (unpaired) electrons. The molecule has 1 aliphatic carbocycles. The van der Waals surface area contributed by atoms with Gasteiger partial charge in [0.05, 0.1) is 6.10 Å². The van der Waals surface area contributed by atoms with Gasteiger partial charge in [-0.2, -0.15) is 0 Å². The van der Waals surface area contributed by atoms with Crippen LogP contribution in [0.1, 0.15) is 57.9 Å². The fourth-order valence-electron chi connectivity index (χ4n) is 4.71. The number of nitrogens with zero attached hydrogens (tertiary/aromatic N) is 1. The van der Waals surface area contributed by atoms with E-state index in [9.17, 15) is 5.11 Å². The monoisotopic (exact) mass is 381 g/mol. The minimum absolute atomic E-state index is 0.340. The Hall–Kier alpha value is -1.58. The van der Waals surface area contributed by atoms with Crippen molar-refractivity contribution >= 4 is 10.8 Å². The maximum Gasteiger partial charge on any atom is 0.120 e. The zero-order chi connectivity index (χ0) is 19.6. The van der Waals surface area contributed by atoms with Crippen molar-refractivity contribution in [3.8, 4) is 5.75 Å². The van der Waals surface area contributed by atoms with Crippen molar-refractivity contribution in [3.63, 3.8) is 0 Å². The highest BCUT2D eigenvalue weighted by molar-refractivity contribution is 5.84. The second-order valence-corrected chi connectivity index (χ2v) is 9.73. The van der Waals surface area contributed by atoms with Crippen LogP contribution in [0.3, 0.4) is 0 Å². The summed E-state index contributed by atoms with van der Waals surface area (Å²) >= 11 is 0. The predicted molar refractivity (Wildman–Crippen MR) is 116 cm³/mol. The van der Waals surface area contributed by atoms with E-state index in [2.05, 4.69) is 55.1 Å². The first kappa shape index (κ1) is 19.7. The molecule has 3 nitrogen and oxygen atoms in total. The van der Waals surface area contributed by atoms with E-state index in [1.807, 2.05) is 0 Å². The third kappa shape index (κ3) is 4.87. The number of benzene rings is 2. The molecule has 4 rings (SSSR count). The van der Waals surface area contributed by atoms with Gasteiger partial charge in [-0.15, -0.1) is 0 Å². The van der Waals surface area contributed by atoms with Crippen molar-refractivity contribution in [2.24, 2.45) is 11.3 Å². The molecular formula is C25H35NO2. The second-order valence-electron chi connectivity index (χ2n) is 9.73. The van der Waals surface area contributed by atoms with Crippen LogP contribution in [0, 0.1) is 11.3 Å². The lowest BCUT2D eigenvalue weighted by Gasteiger charge is -2.34. The first-order chi connectivity index (χ1) is 13.5. The van der Waals surface area contributed by atoms with Gasteiger partial charge in [0.2, 0.25) is 0 Å². The Morgan fingerprint density at radius 3 is 2.36 bits per heavy atom. The molecule has 0 amide bonds. The first-order valence-corrected chi connectivity index (χ1v) is 11.0. The fraction of sp³-hybridized carbons (Fsp3) is 0.600. The number of aliphatic hydroxyl groups is 1. The molecule has 2 fully saturated rings. The molecule has 2 aliphatic rings. The van der Waals surface area contributed by atoms with Crippen molar-refractivity contribution in [2.45, 2.75) is 65.0 Å². The van der Waals surface area contributed by atoms with Crippen LogP contribution in [0.5, 0.6) is 5.75 Å². The summed E-state index contributed by atoms with van der Waals surface area (Å²) in [6.45, 7) is 8.26. The normalized spacial score (nSPS) is 21.8. The summed E-state index contributed by atoms with van der Waals surface area (Å²) in [6, 6.07) is 13.4. The SMILES string of the molecule is CC1(C)CCC(Oc2ccc3cc(CN4CCC(CO)CC4)ccc3c2)CC1. The number of aliphatic hydroxyl groups excluding tert-OH is 1. The summed E-state index contributed by atoms with van der Waals surface area (Å²) < 4.78 is 6.30. The number of hydrogen-bond donors (Lipinski definition) is 1. The molecule has 0 atom stereocenters. The molecule has 0 spiro atoms. The van der Waals surface area contributed by atoms with Gasteiger partial charge in [0.15, 0.2) is 0 Å². The summed E-state index contributed by atoms with van der Waals surface area (Å²) in [5, 5.41) is 11.9. The van der Waals surface area contributed by atoms with Gasteiger partial charge < -0.3 is 9.84 Å². The quantitative estimate of drug-likeness (QED) is 0.753. The number of hydrogen-bond acceptors (Lipinski definition) is 3. The Balaban J connectivity index is 1.37. The van der Waals surface area contributed by atoms with Crippen molar-refractivity contribution in [1.29, 1.82) is 0 Å². The maximum atomic E-state index is 9.31. The van der Waals surface area contributed by atoms with E-state index in [0.29, 0.717) is 24.0 Å². The molecule has 3 heteroatoms. The van der Waals surface area contributed by atoms with Gasteiger partial charge in [0.25, 0.3) is 0 Å². The molecule has 0 aromatic heterocycles. The van der Waals surface area contributed by atoms with E-state index in [4.69, 9.17) is 4.74 Å². The molecule has 152 valence electrons. The van der Waals surface area contributed by atoms with Gasteiger partial charge in [0.1, 0.15) is 5.75 Å². The topological polar surface area (TPSA) is 32.7 Å². The Bertz CT molecular complexity index is 782. The predicted octanol–water partition coefficient (Wildman–Crippen LogP) is 5.39. The molecule has 1 saturated heterocycles. The highest BCUT2D eigenvalue weighted by Gasteiger charge is 2.27. The second kappa shape index (κ2) is 8.42. The highest BCUT2D eigenvalue weighted by atomic mass is 16.5. The average Bonchev–Trinajstić information content (AvgIpc) is 2.70. The number of likely N-dealkylation sites (tertiary alicyclic amines) is 1. The van der Waals surface area contributed by atoms with E-state index in [1.165, 1.54) is 29.2 Å². The maximum absolute atomic E-state index is 9.31. The van der Waals surface area contributed by atoms with Crippen molar-refractivity contribution in [1.82, 2.24) is 4.90 Å². The number of ether oxygens (including phenoxy) is 1. The highest BCUT2D eigenvalue weighted by Crippen LogP contribution is 2.37. The van der Waals surface area contributed by atoms with Crippen LogP contribution in [0.15, 0.2) is 36.4 Å². The van der Waals surface area contributed by atoms with E-state index < -0.39 is 0 Å². The summed E-state index contributed by atoms with van der Waals surface area (Å²) in [7, 11) is 0. The van der Waals surface area contributed by atoms with Crippen molar-refractivity contribution in [3.05, 3.63) is 42.0 Å². The van der Waals surface area contributed by atoms with Gasteiger partial charge in [-0.05, 0) is 97.5 Å². The molecule has 0 bridgehead atoms. The number of rotatable bonds is 5. The molecule has 1 N–H and O–H groups in total. The molecule has 1 aliphatic heterocycles. The van der Waals surface area contributed by atoms with Crippen LogP contribution < -0.4 is 4.74 Å². The molecule has 2 aromatic rings. The van der Waals surface area contributed by atoms with Gasteiger partial charge in [0, 0.05) is 13.2 Å². The zero-order valence-corrected chi connectivity index (χ0v) is 17.5. The Morgan fingerprint density at radius 1 is 0.964 bits per heavy atom. The lowest BCUT2D eigenvalue weighted by Crippen LogP contribution is -2.34. The lowest BCUT2D eigenvalue weighted by atomic mass is 9.76. The van der Waals surface area contributed by atoms with Gasteiger partial charge >= 0.3 is 0 Å². The standard InChI is InChI=1S/C25H35NO2/c1-25(2)11-7-23(8-12-25)28-24-6-5-21-15-20(3-4-22(21)16-24)17-26-13-9-19(18-27)10-14-26/h3-6,15-16,19,23,27H,7-14,17-18H2,1-2H3. The molecule has 28 heavy (non-hydrogen) atoms. The van der Waals surface area contributed by atoms with Crippen molar-refractivity contribution in [2.75, 3.05) is 19.7 Å². The molecule has 1 saturated carbocycles. The van der Waals surface area contributed by atoms with Gasteiger partial charge in [-0.1, -0.05) is 32.0 Å². The summed E-state index contributed by atoms with van der Waals surface area (Å²) in [6.07, 6.45) is 7.43. The van der Waals surface area contributed by atoms with Crippen LogP contribution >= 0.6 is 0 Å². The average molecular weight is 382 g/mol. The molecular weight excluding hydrogens is 346 g/mol. The summed E-state index contributed by atoms with van der Waals surface area (Å²) in [5.74, 6) is 1.51. The Morgan fingerprint density at radius 2 is 1.64 bits per heavy atom. The minimum Gasteiger partial charge on any atom is -0.490 e. The largest absolute Gasteiger partial charge is 0.490 e. The Labute approximate surface area is 169 Å². The Kier molecular flexibility index (Phi) is 5.93. The summed E-state index contributed by atoms with van der Waals surface area (Å²) in [5.41, 5.74) is 1.85. The third-order valence-corrected chi connectivity index (χ3v) is 6.84.